The SMILES string of the molecule is CC(=O)N[C@@H]1[C@@H](OC(C)C(=O)O)[C@H]2OC(c3ccccc3)OC[C@H]2O[C@@H]1O. The number of ether oxygens (including phenoxy) is 4. The molecule has 7 atom stereocenters. The number of carboxylic acid groups (broad SMARTS) is 1. The van der Waals surface area contributed by atoms with E-state index in [-0.39, 0.29) is 6.61 Å². The minimum Gasteiger partial charge on any atom is -0.479 e. The normalized spacial score (nSPS) is 34.3. The summed E-state index contributed by atoms with van der Waals surface area (Å²) in [4.78, 5) is 22.8. The Morgan fingerprint density at radius 1 is 1.26 bits per heavy atom. The van der Waals surface area contributed by atoms with Gasteiger partial charge < -0.3 is 34.5 Å². The van der Waals surface area contributed by atoms with E-state index in [0.717, 1.165) is 5.56 Å². The van der Waals surface area contributed by atoms with Crippen LogP contribution < -0.4 is 5.32 Å². The third-order valence-electron chi connectivity index (χ3n) is 4.51. The third kappa shape index (κ3) is 4.45. The first-order valence-corrected chi connectivity index (χ1v) is 8.67. The first-order valence-electron chi connectivity index (χ1n) is 8.67. The van der Waals surface area contributed by atoms with Gasteiger partial charge in [0, 0.05) is 12.5 Å². The molecule has 2 aliphatic rings. The summed E-state index contributed by atoms with van der Waals surface area (Å²) >= 11 is 0. The molecule has 148 valence electrons. The van der Waals surface area contributed by atoms with Crippen LogP contribution >= 0.6 is 0 Å². The Hall–Kier alpha value is -2.04. The lowest BCUT2D eigenvalue weighted by atomic mass is 9.95. The number of nitrogens with one attached hydrogen (secondary N) is 1. The fourth-order valence-electron chi connectivity index (χ4n) is 3.21. The zero-order chi connectivity index (χ0) is 19.6. The van der Waals surface area contributed by atoms with Gasteiger partial charge in [-0.1, -0.05) is 30.3 Å². The van der Waals surface area contributed by atoms with Gasteiger partial charge in [-0.3, -0.25) is 4.79 Å². The number of hydrogen-bond donors (Lipinski definition) is 3. The Morgan fingerprint density at radius 3 is 2.59 bits per heavy atom. The average Bonchev–Trinajstić information content (AvgIpc) is 2.64. The van der Waals surface area contributed by atoms with E-state index < -0.39 is 54.9 Å². The highest BCUT2D eigenvalue weighted by molar-refractivity contribution is 5.73. The maximum Gasteiger partial charge on any atom is 0.332 e. The van der Waals surface area contributed by atoms with Crippen molar-refractivity contribution >= 4 is 11.9 Å². The highest BCUT2D eigenvalue weighted by Crippen LogP contribution is 2.35. The quantitative estimate of drug-likeness (QED) is 0.660. The number of benzene rings is 1. The molecule has 2 aliphatic heterocycles. The van der Waals surface area contributed by atoms with Crippen LogP contribution in [0.1, 0.15) is 25.7 Å². The molecule has 2 heterocycles. The zero-order valence-corrected chi connectivity index (χ0v) is 15.0. The van der Waals surface area contributed by atoms with Crippen LogP contribution in [0.25, 0.3) is 0 Å². The number of carbonyl (C=O) groups is 2. The van der Waals surface area contributed by atoms with Crippen molar-refractivity contribution in [2.75, 3.05) is 6.61 Å². The van der Waals surface area contributed by atoms with E-state index in [1.165, 1.54) is 13.8 Å². The molecule has 0 aliphatic carbocycles. The molecule has 2 unspecified atom stereocenters. The first-order chi connectivity index (χ1) is 12.9. The van der Waals surface area contributed by atoms with Crippen LogP contribution in [-0.4, -0.2) is 65.4 Å². The Kier molecular flexibility index (Phi) is 6.08. The fraction of sp³-hybridized carbons (Fsp3) is 0.556. The van der Waals surface area contributed by atoms with Gasteiger partial charge in [-0.05, 0) is 6.92 Å². The highest BCUT2D eigenvalue weighted by atomic mass is 16.7. The predicted molar refractivity (Wildman–Crippen MR) is 90.5 cm³/mol. The molecule has 0 aromatic heterocycles. The number of amides is 1. The summed E-state index contributed by atoms with van der Waals surface area (Å²) in [5, 5.41) is 22.0. The lowest BCUT2D eigenvalue weighted by Crippen LogP contribution is -2.67. The largest absolute Gasteiger partial charge is 0.479 e. The van der Waals surface area contributed by atoms with Gasteiger partial charge >= 0.3 is 5.97 Å². The predicted octanol–water partition coefficient (Wildman–Crippen LogP) is 0.181. The van der Waals surface area contributed by atoms with E-state index >= 15 is 0 Å². The molecule has 27 heavy (non-hydrogen) atoms. The molecular weight excluding hydrogens is 358 g/mol. The Morgan fingerprint density at radius 2 is 1.96 bits per heavy atom. The fourth-order valence-corrected chi connectivity index (χ4v) is 3.21. The van der Waals surface area contributed by atoms with Gasteiger partial charge in [0.25, 0.3) is 0 Å². The van der Waals surface area contributed by atoms with Crippen molar-refractivity contribution in [3.05, 3.63) is 35.9 Å². The van der Waals surface area contributed by atoms with Crippen LogP contribution in [-0.2, 0) is 28.5 Å². The minimum atomic E-state index is -1.39. The van der Waals surface area contributed by atoms with Gasteiger partial charge in [-0.15, -0.1) is 0 Å². The maximum absolute atomic E-state index is 11.6. The monoisotopic (exact) mass is 381 g/mol. The molecule has 1 amide bonds. The molecule has 3 rings (SSSR count). The van der Waals surface area contributed by atoms with E-state index in [9.17, 15) is 19.8 Å². The van der Waals surface area contributed by atoms with Gasteiger partial charge in [-0.25, -0.2) is 4.79 Å². The summed E-state index contributed by atoms with van der Waals surface area (Å²) in [6.07, 6.45) is -5.61. The van der Waals surface area contributed by atoms with Crippen molar-refractivity contribution in [2.24, 2.45) is 0 Å². The average molecular weight is 381 g/mol. The van der Waals surface area contributed by atoms with E-state index in [4.69, 9.17) is 18.9 Å². The van der Waals surface area contributed by atoms with Crippen molar-refractivity contribution in [2.45, 2.75) is 56.9 Å². The van der Waals surface area contributed by atoms with Gasteiger partial charge in [-0.2, -0.15) is 0 Å². The molecule has 1 aromatic rings. The molecule has 0 spiro atoms. The van der Waals surface area contributed by atoms with Gasteiger partial charge in [0.2, 0.25) is 5.91 Å². The molecule has 3 N–H and O–H groups in total. The number of carbonyl (C=O) groups excluding carboxylic acids is 1. The molecule has 2 saturated heterocycles. The van der Waals surface area contributed by atoms with Gasteiger partial charge in [0.1, 0.15) is 24.4 Å². The summed E-state index contributed by atoms with van der Waals surface area (Å²) < 4.78 is 22.9. The van der Waals surface area contributed by atoms with Gasteiger partial charge in [0.15, 0.2) is 18.7 Å². The lowest BCUT2D eigenvalue weighted by molar-refractivity contribution is -0.344. The van der Waals surface area contributed by atoms with Crippen LogP contribution in [0.5, 0.6) is 0 Å². The number of fused-ring (bicyclic) bond motifs is 1. The van der Waals surface area contributed by atoms with E-state index in [2.05, 4.69) is 5.32 Å². The van der Waals surface area contributed by atoms with Crippen molar-refractivity contribution in [1.82, 2.24) is 5.32 Å². The van der Waals surface area contributed by atoms with Crippen molar-refractivity contribution in [3.8, 4) is 0 Å². The lowest BCUT2D eigenvalue weighted by Gasteiger charge is -2.48. The molecular formula is C18H23NO8. The summed E-state index contributed by atoms with van der Waals surface area (Å²) in [5.41, 5.74) is 0.781. The number of hydrogen-bond acceptors (Lipinski definition) is 7. The summed E-state index contributed by atoms with van der Waals surface area (Å²) in [6.45, 7) is 2.78. The standard InChI is InChI=1S/C18H23NO8/c1-9(16(21)22)25-15-13(19-10(2)20)17(23)26-12-8-24-18(27-14(12)15)11-6-4-3-5-7-11/h3-7,9,12-15,17-18,23H,8H2,1-2H3,(H,19,20)(H,21,22)/t9?,12-,13-,14+,15-,17+,18?/m1/s1. The number of aliphatic hydroxyl groups excluding tert-OH is 1. The highest BCUT2D eigenvalue weighted by Gasteiger charge is 2.51. The van der Waals surface area contributed by atoms with Crippen LogP contribution in [0.15, 0.2) is 30.3 Å². The minimum absolute atomic E-state index is 0.120. The smallest absolute Gasteiger partial charge is 0.332 e. The second-order valence-electron chi connectivity index (χ2n) is 6.55. The van der Waals surface area contributed by atoms with E-state index in [0.29, 0.717) is 0 Å². The molecule has 9 nitrogen and oxygen atoms in total. The van der Waals surface area contributed by atoms with Crippen LogP contribution in [0.4, 0.5) is 0 Å². The second-order valence-corrected chi connectivity index (χ2v) is 6.55. The first kappa shape index (κ1) is 19.7. The Bertz CT molecular complexity index is 669. The third-order valence-corrected chi connectivity index (χ3v) is 4.51. The van der Waals surface area contributed by atoms with Gasteiger partial charge in [0.05, 0.1) is 6.61 Å². The molecule has 0 radical (unpaired) electrons. The zero-order valence-electron chi connectivity index (χ0n) is 15.0. The van der Waals surface area contributed by atoms with E-state index in [1.807, 2.05) is 30.3 Å². The summed E-state index contributed by atoms with van der Waals surface area (Å²) in [5.74, 6) is -1.58. The molecule has 2 fully saturated rings. The van der Waals surface area contributed by atoms with Crippen LogP contribution in [0.3, 0.4) is 0 Å². The topological polar surface area (TPSA) is 124 Å². The Balaban J connectivity index is 1.85. The van der Waals surface area contributed by atoms with E-state index in [1.54, 1.807) is 0 Å². The maximum atomic E-state index is 11.6. The number of aliphatic carboxylic acids is 1. The molecule has 1 aromatic carbocycles. The van der Waals surface area contributed by atoms with Crippen molar-refractivity contribution in [3.63, 3.8) is 0 Å². The molecule has 9 heteroatoms. The van der Waals surface area contributed by atoms with Crippen molar-refractivity contribution < 1.29 is 38.7 Å². The Labute approximate surface area is 156 Å². The number of carboxylic acids is 1. The second kappa shape index (κ2) is 8.32. The van der Waals surface area contributed by atoms with Crippen LogP contribution in [0, 0.1) is 0 Å². The number of rotatable bonds is 5. The number of aliphatic hydroxyl groups is 1. The molecule has 0 saturated carbocycles. The van der Waals surface area contributed by atoms with Crippen molar-refractivity contribution in [1.29, 1.82) is 0 Å². The van der Waals surface area contributed by atoms with Crippen LogP contribution in [0.2, 0.25) is 0 Å². The molecule has 0 bridgehead atoms. The summed E-state index contributed by atoms with van der Waals surface area (Å²) in [7, 11) is 0. The summed E-state index contributed by atoms with van der Waals surface area (Å²) in [6, 6.07) is 8.24.